The van der Waals surface area contributed by atoms with Crippen LogP contribution in [-0.4, -0.2) is 37.5 Å². The van der Waals surface area contributed by atoms with Crippen LogP contribution in [0, 0.1) is 0 Å². The zero-order valence-corrected chi connectivity index (χ0v) is 6.87. The average Bonchev–Trinajstić information content (AvgIpc) is 2.01. The molecule has 0 aliphatic heterocycles. The summed E-state index contributed by atoms with van der Waals surface area (Å²) < 4.78 is 4.66. The molecule has 1 amide bonds. The van der Waals surface area contributed by atoms with Crippen molar-refractivity contribution in [3.63, 3.8) is 0 Å². The van der Waals surface area contributed by atoms with Crippen molar-refractivity contribution < 1.29 is 14.3 Å². The molecule has 0 aliphatic rings. The van der Waals surface area contributed by atoms with Crippen molar-refractivity contribution in [2.45, 2.75) is 13.3 Å². The van der Waals surface area contributed by atoms with Gasteiger partial charge in [-0.2, -0.15) is 0 Å². The second-order valence-electron chi connectivity index (χ2n) is 2.14. The number of carbonyl (C=O) groups is 2. The van der Waals surface area contributed by atoms with E-state index in [1.807, 2.05) is 0 Å². The van der Waals surface area contributed by atoms with Gasteiger partial charge in [0.2, 0.25) is 6.41 Å². The highest BCUT2D eigenvalue weighted by Gasteiger charge is 2.02. The van der Waals surface area contributed by atoms with Crippen molar-refractivity contribution in [1.82, 2.24) is 4.90 Å². The van der Waals surface area contributed by atoms with Crippen molar-refractivity contribution in [2.24, 2.45) is 0 Å². The molecule has 0 saturated heterocycles. The van der Waals surface area contributed by atoms with Gasteiger partial charge in [0.05, 0.1) is 13.0 Å². The maximum atomic E-state index is 10.7. The van der Waals surface area contributed by atoms with Crippen LogP contribution >= 0.6 is 0 Å². The summed E-state index contributed by atoms with van der Waals surface area (Å²) in [6.45, 7) is 2.56. The topological polar surface area (TPSA) is 46.6 Å². The Hall–Kier alpha value is -1.06. The van der Waals surface area contributed by atoms with E-state index in [2.05, 4.69) is 4.74 Å². The van der Waals surface area contributed by atoms with E-state index in [4.69, 9.17) is 0 Å². The first-order valence-electron chi connectivity index (χ1n) is 3.51. The predicted molar refractivity (Wildman–Crippen MR) is 39.9 cm³/mol. The van der Waals surface area contributed by atoms with Crippen LogP contribution in [-0.2, 0) is 14.3 Å². The first kappa shape index (κ1) is 9.94. The van der Waals surface area contributed by atoms with Gasteiger partial charge in [0.1, 0.15) is 0 Å². The fourth-order valence-electron chi connectivity index (χ4n) is 0.554. The van der Waals surface area contributed by atoms with Crippen molar-refractivity contribution in [1.29, 1.82) is 0 Å². The predicted octanol–water partition coefficient (Wildman–Crippen LogP) is 0.0278. The molecule has 0 aliphatic carbocycles. The number of nitrogens with zero attached hydrogens (tertiary/aromatic N) is 1. The molecule has 0 radical (unpaired) electrons. The lowest BCUT2D eigenvalue weighted by molar-refractivity contribution is -0.143. The van der Waals surface area contributed by atoms with Crippen molar-refractivity contribution in [3.05, 3.63) is 0 Å². The number of carbonyl (C=O) groups excluding carboxylic acids is 2. The zero-order chi connectivity index (χ0) is 8.69. The summed E-state index contributed by atoms with van der Waals surface area (Å²) in [5.41, 5.74) is 0. The Bertz CT molecular complexity index is 136. The number of amides is 1. The highest BCUT2D eigenvalue weighted by molar-refractivity contribution is 5.69. The van der Waals surface area contributed by atoms with Gasteiger partial charge < -0.3 is 9.64 Å². The Balaban J connectivity index is 3.37. The molecule has 0 spiro atoms. The molecular weight excluding hydrogens is 146 g/mol. The van der Waals surface area contributed by atoms with E-state index in [1.54, 1.807) is 14.0 Å². The van der Waals surface area contributed by atoms with Crippen LogP contribution in [0.2, 0.25) is 0 Å². The normalized spacial score (nSPS) is 8.91. The summed E-state index contributed by atoms with van der Waals surface area (Å²) in [5.74, 6) is -0.263. The van der Waals surface area contributed by atoms with E-state index < -0.39 is 0 Å². The smallest absolute Gasteiger partial charge is 0.307 e. The van der Waals surface area contributed by atoms with E-state index >= 15 is 0 Å². The van der Waals surface area contributed by atoms with Gasteiger partial charge >= 0.3 is 5.97 Å². The minimum atomic E-state index is -0.263. The van der Waals surface area contributed by atoms with Gasteiger partial charge in [-0.05, 0) is 6.92 Å². The first-order chi connectivity index (χ1) is 5.20. The van der Waals surface area contributed by atoms with Crippen LogP contribution in [0.25, 0.3) is 0 Å². The molecule has 0 aromatic heterocycles. The summed E-state index contributed by atoms with van der Waals surface area (Å²) in [6.07, 6.45) is 0.947. The molecule has 0 atom stereocenters. The molecule has 11 heavy (non-hydrogen) atoms. The van der Waals surface area contributed by atoms with Gasteiger partial charge in [0.25, 0.3) is 0 Å². The molecule has 0 saturated carbocycles. The summed E-state index contributed by atoms with van der Waals surface area (Å²) in [6, 6.07) is 0. The Morgan fingerprint density at radius 1 is 1.64 bits per heavy atom. The van der Waals surface area contributed by atoms with Gasteiger partial charge in [-0.15, -0.1) is 0 Å². The SMILES string of the molecule is CCOC(=O)CCN(C)C=O. The largest absolute Gasteiger partial charge is 0.466 e. The standard InChI is InChI=1S/C7H13NO3/c1-3-11-7(10)4-5-8(2)6-9/h6H,3-5H2,1-2H3. The van der Waals surface area contributed by atoms with Crippen molar-refractivity contribution in [2.75, 3.05) is 20.2 Å². The van der Waals surface area contributed by atoms with Crippen LogP contribution in [0.4, 0.5) is 0 Å². The van der Waals surface area contributed by atoms with E-state index in [0.717, 1.165) is 0 Å². The lowest BCUT2D eigenvalue weighted by Gasteiger charge is -2.08. The van der Waals surface area contributed by atoms with Crippen LogP contribution < -0.4 is 0 Å². The van der Waals surface area contributed by atoms with Crippen LogP contribution in [0.1, 0.15) is 13.3 Å². The molecule has 0 rings (SSSR count). The monoisotopic (exact) mass is 159 g/mol. The fourth-order valence-corrected chi connectivity index (χ4v) is 0.554. The van der Waals surface area contributed by atoms with Crippen molar-refractivity contribution in [3.8, 4) is 0 Å². The third-order valence-corrected chi connectivity index (χ3v) is 1.15. The maximum Gasteiger partial charge on any atom is 0.307 e. The highest BCUT2D eigenvalue weighted by atomic mass is 16.5. The summed E-state index contributed by atoms with van der Waals surface area (Å²) >= 11 is 0. The Labute approximate surface area is 66.1 Å². The Morgan fingerprint density at radius 3 is 2.73 bits per heavy atom. The molecule has 4 nitrogen and oxygen atoms in total. The number of hydrogen-bond donors (Lipinski definition) is 0. The van der Waals surface area contributed by atoms with Gasteiger partial charge in [0.15, 0.2) is 0 Å². The Morgan fingerprint density at radius 2 is 2.27 bits per heavy atom. The molecular formula is C7H13NO3. The summed E-state index contributed by atoms with van der Waals surface area (Å²) in [7, 11) is 1.62. The van der Waals surface area contributed by atoms with Crippen molar-refractivity contribution >= 4 is 12.4 Å². The number of esters is 1. The maximum absolute atomic E-state index is 10.7. The summed E-state index contributed by atoms with van der Waals surface area (Å²) in [4.78, 5) is 22.1. The quantitative estimate of drug-likeness (QED) is 0.420. The first-order valence-corrected chi connectivity index (χ1v) is 3.51. The number of hydrogen-bond acceptors (Lipinski definition) is 3. The van der Waals surface area contributed by atoms with Gasteiger partial charge in [0, 0.05) is 13.6 Å². The van der Waals surface area contributed by atoms with Gasteiger partial charge in [-0.1, -0.05) is 0 Å². The molecule has 4 heteroatoms. The Kier molecular flexibility index (Phi) is 5.15. The van der Waals surface area contributed by atoms with E-state index in [1.165, 1.54) is 4.90 Å². The van der Waals surface area contributed by atoms with E-state index in [-0.39, 0.29) is 12.4 Å². The second kappa shape index (κ2) is 5.70. The van der Waals surface area contributed by atoms with Gasteiger partial charge in [-0.25, -0.2) is 0 Å². The molecule has 64 valence electrons. The molecule has 0 aromatic carbocycles. The molecule has 0 unspecified atom stereocenters. The van der Waals surface area contributed by atoms with Crippen LogP contribution in [0.15, 0.2) is 0 Å². The molecule has 0 aromatic rings. The van der Waals surface area contributed by atoms with Gasteiger partial charge in [-0.3, -0.25) is 9.59 Å². The summed E-state index contributed by atoms with van der Waals surface area (Å²) in [5, 5.41) is 0. The zero-order valence-electron chi connectivity index (χ0n) is 6.87. The van der Waals surface area contributed by atoms with E-state index in [9.17, 15) is 9.59 Å². The van der Waals surface area contributed by atoms with Crippen LogP contribution in [0.3, 0.4) is 0 Å². The molecule has 0 bridgehead atoms. The third-order valence-electron chi connectivity index (χ3n) is 1.15. The number of ether oxygens (including phenoxy) is 1. The third kappa shape index (κ3) is 5.39. The minimum Gasteiger partial charge on any atom is -0.466 e. The fraction of sp³-hybridized carbons (Fsp3) is 0.714. The lowest BCUT2D eigenvalue weighted by atomic mass is 10.4. The lowest BCUT2D eigenvalue weighted by Crippen LogP contribution is -2.20. The van der Waals surface area contributed by atoms with Crippen LogP contribution in [0.5, 0.6) is 0 Å². The highest BCUT2D eigenvalue weighted by Crippen LogP contribution is 1.87. The molecule has 0 N–H and O–H groups in total. The average molecular weight is 159 g/mol. The molecule has 0 heterocycles. The minimum absolute atomic E-state index is 0.263. The second-order valence-corrected chi connectivity index (χ2v) is 2.14. The number of rotatable bonds is 5. The van der Waals surface area contributed by atoms with E-state index in [0.29, 0.717) is 19.6 Å². The molecule has 0 fully saturated rings.